The molecule has 2 aromatic rings. The molecule has 1 atom stereocenters. The number of amides is 2. The van der Waals surface area contributed by atoms with Gasteiger partial charge in [-0.2, -0.15) is 0 Å². The van der Waals surface area contributed by atoms with Crippen LogP contribution in [0.4, 0.5) is 11.4 Å². The lowest BCUT2D eigenvalue weighted by molar-refractivity contribution is -0.140. The van der Waals surface area contributed by atoms with Gasteiger partial charge in [-0.25, -0.2) is 0 Å². The zero-order valence-corrected chi connectivity index (χ0v) is 19.9. The monoisotopic (exact) mass is 445 g/mol. The summed E-state index contributed by atoms with van der Waals surface area (Å²) in [5, 5.41) is 6.33. The maximum Gasteiger partial charge on any atom is 0.253 e. The highest BCUT2D eigenvalue weighted by molar-refractivity contribution is 6.03. The van der Waals surface area contributed by atoms with Crippen molar-refractivity contribution in [1.82, 2.24) is 5.32 Å². The molecule has 174 valence electrons. The molecule has 4 saturated carbocycles. The van der Waals surface area contributed by atoms with Gasteiger partial charge in [0.25, 0.3) is 5.91 Å². The molecule has 4 aliphatic carbocycles. The minimum absolute atomic E-state index is 0.112. The van der Waals surface area contributed by atoms with Crippen molar-refractivity contribution >= 4 is 23.2 Å². The number of carbonyl (C=O) groups excluding carboxylic acids is 2. The number of hydrogen-bond donors (Lipinski definition) is 2. The standard InChI is InChI=1S/C28H35N3O2/c1-18(22-7-5-4-6-8-22)29-26(32)24-14-23(9-10-25(24)31(2)3)30-27(33)28-15-19-11-20(16-28)13-21(12-19)17-28/h4-10,14,18-21H,11-13,15-17H2,1-3H3,(H,29,32)(H,30,33). The van der Waals surface area contributed by atoms with Gasteiger partial charge in [-0.05, 0) is 87.0 Å². The van der Waals surface area contributed by atoms with E-state index in [1.54, 1.807) is 0 Å². The summed E-state index contributed by atoms with van der Waals surface area (Å²) in [5.74, 6) is 2.18. The van der Waals surface area contributed by atoms with Crippen molar-refractivity contribution in [1.29, 1.82) is 0 Å². The number of anilines is 2. The molecule has 0 spiro atoms. The van der Waals surface area contributed by atoms with Crippen LogP contribution in [0.1, 0.15) is 67.4 Å². The topological polar surface area (TPSA) is 61.4 Å². The second-order valence-corrected chi connectivity index (χ2v) is 10.9. The van der Waals surface area contributed by atoms with Crippen molar-refractivity contribution in [2.75, 3.05) is 24.3 Å². The van der Waals surface area contributed by atoms with Crippen LogP contribution in [0.2, 0.25) is 0 Å². The molecule has 5 nitrogen and oxygen atoms in total. The summed E-state index contributed by atoms with van der Waals surface area (Å²) >= 11 is 0. The van der Waals surface area contributed by atoms with Crippen LogP contribution in [-0.2, 0) is 4.79 Å². The van der Waals surface area contributed by atoms with E-state index < -0.39 is 0 Å². The molecule has 33 heavy (non-hydrogen) atoms. The summed E-state index contributed by atoms with van der Waals surface area (Å²) < 4.78 is 0. The van der Waals surface area contributed by atoms with Crippen LogP contribution in [0.3, 0.4) is 0 Å². The largest absolute Gasteiger partial charge is 0.377 e. The van der Waals surface area contributed by atoms with Gasteiger partial charge in [0.2, 0.25) is 5.91 Å². The van der Waals surface area contributed by atoms with E-state index in [-0.39, 0.29) is 23.3 Å². The summed E-state index contributed by atoms with van der Waals surface area (Å²) in [6.45, 7) is 1.99. The molecule has 5 heteroatoms. The summed E-state index contributed by atoms with van der Waals surface area (Å²) in [7, 11) is 3.86. The number of nitrogens with zero attached hydrogens (tertiary/aromatic N) is 1. The third-order valence-electron chi connectivity index (χ3n) is 8.15. The van der Waals surface area contributed by atoms with Gasteiger partial charge in [0, 0.05) is 25.5 Å². The Morgan fingerprint density at radius 3 is 2.12 bits per heavy atom. The molecule has 4 fully saturated rings. The predicted molar refractivity (Wildman–Crippen MR) is 132 cm³/mol. The number of hydrogen-bond acceptors (Lipinski definition) is 3. The lowest BCUT2D eigenvalue weighted by Gasteiger charge is -2.55. The van der Waals surface area contributed by atoms with Crippen molar-refractivity contribution in [3.8, 4) is 0 Å². The lowest BCUT2D eigenvalue weighted by atomic mass is 9.49. The zero-order valence-electron chi connectivity index (χ0n) is 19.9. The van der Waals surface area contributed by atoms with Crippen molar-refractivity contribution in [3.63, 3.8) is 0 Å². The third kappa shape index (κ3) is 4.25. The first-order valence-electron chi connectivity index (χ1n) is 12.3. The SMILES string of the molecule is CC(NC(=O)c1cc(NC(=O)C23CC4CC(CC(C4)C2)C3)ccc1N(C)C)c1ccccc1. The normalized spacial score (nSPS) is 28.3. The fourth-order valence-electron chi connectivity index (χ4n) is 6.94. The van der Waals surface area contributed by atoms with Crippen molar-refractivity contribution in [3.05, 3.63) is 59.7 Å². The van der Waals surface area contributed by atoms with E-state index >= 15 is 0 Å². The number of carbonyl (C=O) groups is 2. The molecule has 2 amide bonds. The van der Waals surface area contributed by atoms with Crippen molar-refractivity contribution in [2.24, 2.45) is 23.2 Å². The van der Waals surface area contributed by atoms with E-state index in [1.807, 2.05) is 74.4 Å². The first-order chi connectivity index (χ1) is 15.8. The maximum absolute atomic E-state index is 13.5. The van der Waals surface area contributed by atoms with Crippen LogP contribution in [0.15, 0.2) is 48.5 Å². The molecule has 0 saturated heterocycles. The molecule has 2 aromatic carbocycles. The average molecular weight is 446 g/mol. The first-order valence-corrected chi connectivity index (χ1v) is 12.3. The van der Waals surface area contributed by atoms with E-state index in [4.69, 9.17) is 0 Å². The van der Waals surface area contributed by atoms with Gasteiger partial charge < -0.3 is 15.5 Å². The lowest BCUT2D eigenvalue weighted by Crippen LogP contribution is -2.51. The number of nitrogens with one attached hydrogen (secondary N) is 2. The highest BCUT2D eigenvalue weighted by Gasteiger charge is 2.54. The van der Waals surface area contributed by atoms with E-state index in [0.29, 0.717) is 11.3 Å². The highest BCUT2D eigenvalue weighted by Crippen LogP contribution is 2.60. The molecule has 0 radical (unpaired) electrons. The van der Waals surface area contributed by atoms with Crippen LogP contribution in [0.5, 0.6) is 0 Å². The molecule has 4 aliphatic rings. The zero-order chi connectivity index (χ0) is 23.2. The molecule has 0 heterocycles. The minimum atomic E-state index is -0.209. The molecule has 0 aliphatic heterocycles. The molecule has 1 unspecified atom stereocenters. The smallest absolute Gasteiger partial charge is 0.253 e. The first kappa shape index (κ1) is 22.0. The van der Waals surface area contributed by atoms with Gasteiger partial charge in [-0.3, -0.25) is 9.59 Å². The van der Waals surface area contributed by atoms with E-state index in [0.717, 1.165) is 48.3 Å². The number of rotatable bonds is 6. The van der Waals surface area contributed by atoms with Crippen LogP contribution < -0.4 is 15.5 Å². The average Bonchev–Trinajstić information content (AvgIpc) is 2.78. The highest BCUT2D eigenvalue weighted by atomic mass is 16.2. The molecule has 2 N–H and O–H groups in total. The predicted octanol–water partition coefficient (Wildman–Crippen LogP) is 5.40. The van der Waals surface area contributed by atoms with Crippen molar-refractivity contribution < 1.29 is 9.59 Å². The van der Waals surface area contributed by atoms with Crippen LogP contribution in [0, 0.1) is 23.2 Å². The van der Waals surface area contributed by atoms with Gasteiger partial charge >= 0.3 is 0 Å². The van der Waals surface area contributed by atoms with Crippen molar-refractivity contribution in [2.45, 2.75) is 51.5 Å². The Morgan fingerprint density at radius 1 is 0.939 bits per heavy atom. The van der Waals surface area contributed by atoms with E-state index in [9.17, 15) is 9.59 Å². The van der Waals surface area contributed by atoms with Gasteiger partial charge in [0.1, 0.15) is 0 Å². The summed E-state index contributed by atoms with van der Waals surface area (Å²) in [4.78, 5) is 28.7. The Morgan fingerprint density at radius 2 is 1.55 bits per heavy atom. The summed E-state index contributed by atoms with van der Waals surface area (Å²) in [6.07, 6.45) is 7.03. The van der Waals surface area contributed by atoms with Gasteiger partial charge in [-0.1, -0.05) is 30.3 Å². The van der Waals surface area contributed by atoms with Crippen LogP contribution in [-0.4, -0.2) is 25.9 Å². The van der Waals surface area contributed by atoms with E-state index in [1.165, 1.54) is 19.3 Å². The Labute approximate surface area is 196 Å². The second kappa shape index (κ2) is 8.51. The molecule has 6 rings (SSSR count). The number of benzene rings is 2. The second-order valence-electron chi connectivity index (χ2n) is 10.9. The Bertz CT molecular complexity index is 1010. The van der Waals surface area contributed by atoms with Crippen LogP contribution in [0.25, 0.3) is 0 Å². The van der Waals surface area contributed by atoms with Gasteiger partial charge in [-0.15, -0.1) is 0 Å². The summed E-state index contributed by atoms with van der Waals surface area (Å²) in [5.41, 5.74) is 2.97. The molecular formula is C28H35N3O2. The van der Waals surface area contributed by atoms with Crippen LogP contribution >= 0.6 is 0 Å². The Kier molecular flexibility index (Phi) is 5.67. The third-order valence-corrected chi connectivity index (χ3v) is 8.15. The quantitative estimate of drug-likeness (QED) is 0.626. The Hall–Kier alpha value is -2.82. The Balaban J connectivity index is 1.35. The fraction of sp³-hybridized carbons (Fsp3) is 0.500. The van der Waals surface area contributed by atoms with Gasteiger partial charge in [0.15, 0.2) is 0 Å². The fourth-order valence-corrected chi connectivity index (χ4v) is 6.94. The molecule has 0 aromatic heterocycles. The maximum atomic E-state index is 13.5. The minimum Gasteiger partial charge on any atom is -0.377 e. The molecule has 4 bridgehead atoms. The van der Waals surface area contributed by atoms with Gasteiger partial charge in [0.05, 0.1) is 17.0 Å². The molecular weight excluding hydrogens is 410 g/mol. The van der Waals surface area contributed by atoms with E-state index in [2.05, 4.69) is 10.6 Å². The summed E-state index contributed by atoms with van der Waals surface area (Å²) in [6, 6.07) is 15.5.